The van der Waals surface area contributed by atoms with Crippen molar-refractivity contribution in [2.24, 2.45) is 0 Å². The number of hydrogen-bond donors (Lipinski definition) is 0. The quantitative estimate of drug-likeness (QED) is 0.631. The second-order valence-corrected chi connectivity index (χ2v) is 4.29. The number of benzene rings is 2. The second-order valence-electron chi connectivity index (χ2n) is 4.29. The third-order valence-corrected chi connectivity index (χ3v) is 3.12. The molecular formula is C15H15NO4. The van der Waals surface area contributed by atoms with Gasteiger partial charge in [0, 0.05) is 12.1 Å². The third-order valence-electron chi connectivity index (χ3n) is 3.12. The summed E-state index contributed by atoms with van der Waals surface area (Å²) in [6.07, 6.45) is 0. The Hall–Kier alpha value is -2.56. The highest BCUT2D eigenvalue weighted by Gasteiger charge is 2.16. The van der Waals surface area contributed by atoms with Crippen molar-refractivity contribution in [3.05, 3.63) is 52.1 Å². The summed E-state index contributed by atoms with van der Waals surface area (Å²) < 4.78 is 10.7. The topological polar surface area (TPSA) is 61.6 Å². The Morgan fingerprint density at radius 3 is 2.10 bits per heavy atom. The van der Waals surface area contributed by atoms with E-state index in [2.05, 4.69) is 0 Å². The van der Waals surface area contributed by atoms with E-state index in [1.165, 1.54) is 6.07 Å². The van der Waals surface area contributed by atoms with Gasteiger partial charge in [-0.2, -0.15) is 0 Å². The van der Waals surface area contributed by atoms with Crippen LogP contribution in [0.2, 0.25) is 0 Å². The maximum absolute atomic E-state index is 10.8. The average Bonchev–Trinajstić information content (AvgIpc) is 2.46. The fourth-order valence-corrected chi connectivity index (χ4v) is 2.16. The fourth-order valence-electron chi connectivity index (χ4n) is 2.16. The highest BCUT2D eigenvalue weighted by molar-refractivity contribution is 5.79. The first-order valence-electron chi connectivity index (χ1n) is 6.05. The first-order chi connectivity index (χ1) is 9.58. The van der Waals surface area contributed by atoms with E-state index in [1.54, 1.807) is 26.4 Å². The van der Waals surface area contributed by atoms with Crippen molar-refractivity contribution in [1.29, 1.82) is 0 Å². The molecule has 0 spiro atoms. The van der Waals surface area contributed by atoms with Gasteiger partial charge in [-0.3, -0.25) is 10.1 Å². The molecule has 5 nitrogen and oxygen atoms in total. The minimum atomic E-state index is -0.407. The summed E-state index contributed by atoms with van der Waals surface area (Å²) in [6, 6.07) is 10.2. The molecule has 5 heteroatoms. The lowest BCUT2D eigenvalue weighted by atomic mass is 9.98. The van der Waals surface area contributed by atoms with E-state index in [9.17, 15) is 10.1 Å². The molecule has 0 bridgehead atoms. The fraction of sp³-hybridized carbons (Fsp3) is 0.200. The SMILES string of the molecule is COc1cccc(OC)c1-c1ccc([N+](=O)[O-])cc1C. The normalized spacial score (nSPS) is 10.2. The van der Waals surface area contributed by atoms with Gasteiger partial charge in [0.2, 0.25) is 0 Å². The Balaban J connectivity index is 2.65. The van der Waals surface area contributed by atoms with Crippen molar-refractivity contribution in [1.82, 2.24) is 0 Å². The molecule has 2 rings (SSSR count). The number of nitrogens with zero attached hydrogens (tertiary/aromatic N) is 1. The summed E-state index contributed by atoms with van der Waals surface area (Å²) in [5.41, 5.74) is 2.51. The van der Waals surface area contributed by atoms with Gasteiger partial charge in [-0.05, 0) is 36.2 Å². The van der Waals surface area contributed by atoms with Crippen molar-refractivity contribution in [2.75, 3.05) is 14.2 Å². The molecule has 0 saturated heterocycles. The van der Waals surface area contributed by atoms with Crippen LogP contribution in [0.4, 0.5) is 5.69 Å². The number of hydrogen-bond acceptors (Lipinski definition) is 4. The Morgan fingerprint density at radius 2 is 1.65 bits per heavy atom. The zero-order chi connectivity index (χ0) is 14.7. The molecule has 0 heterocycles. The Bertz CT molecular complexity index is 630. The minimum Gasteiger partial charge on any atom is -0.496 e. The number of ether oxygens (including phenoxy) is 2. The van der Waals surface area contributed by atoms with Crippen LogP contribution in [0.25, 0.3) is 11.1 Å². The van der Waals surface area contributed by atoms with E-state index in [1.807, 2.05) is 25.1 Å². The van der Waals surface area contributed by atoms with Crippen molar-refractivity contribution in [3.8, 4) is 22.6 Å². The molecule has 0 atom stereocenters. The van der Waals surface area contributed by atoms with Crippen LogP contribution in [-0.2, 0) is 0 Å². The van der Waals surface area contributed by atoms with Gasteiger partial charge < -0.3 is 9.47 Å². The van der Waals surface area contributed by atoms with Crippen LogP contribution in [0, 0.1) is 17.0 Å². The lowest BCUT2D eigenvalue weighted by Crippen LogP contribution is -1.95. The summed E-state index contributed by atoms with van der Waals surface area (Å²) in [5, 5.41) is 10.8. The summed E-state index contributed by atoms with van der Waals surface area (Å²) >= 11 is 0. The zero-order valence-corrected chi connectivity index (χ0v) is 11.5. The molecule has 0 amide bonds. The number of aryl methyl sites for hydroxylation is 1. The highest BCUT2D eigenvalue weighted by atomic mass is 16.6. The molecule has 2 aromatic rings. The Kier molecular flexibility index (Phi) is 3.89. The minimum absolute atomic E-state index is 0.0696. The van der Waals surface area contributed by atoms with E-state index in [0.29, 0.717) is 11.5 Å². The molecule has 0 saturated carbocycles. The predicted octanol–water partition coefficient (Wildman–Crippen LogP) is 3.59. The van der Waals surface area contributed by atoms with E-state index >= 15 is 0 Å². The van der Waals surface area contributed by atoms with Gasteiger partial charge in [0.05, 0.1) is 24.7 Å². The smallest absolute Gasteiger partial charge is 0.269 e. The molecule has 0 aromatic heterocycles. The monoisotopic (exact) mass is 273 g/mol. The van der Waals surface area contributed by atoms with Crippen LogP contribution in [0.5, 0.6) is 11.5 Å². The number of rotatable bonds is 4. The molecule has 0 fully saturated rings. The molecule has 104 valence electrons. The van der Waals surface area contributed by atoms with Gasteiger partial charge in [0.15, 0.2) is 0 Å². The van der Waals surface area contributed by atoms with Gasteiger partial charge in [-0.25, -0.2) is 0 Å². The van der Waals surface area contributed by atoms with Crippen molar-refractivity contribution < 1.29 is 14.4 Å². The summed E-state index contributed by atoms with van der Waals surface area (Å²) in [7, 11) is 3.16. The number of nitro groups is 1. The lowest BCUT2D eigenvalue weighted by Gasteiger charge is -2.14. The van der Waals surface area contributed by atoms with Crippen molar-refractivity contribution >= 4 is 5.69 Å². The number of non-ortho nitro benzene ring substituents is 1. The molecule has 0 radical (unpaired) electrons. The summed E-state index contributed by atoms with van der Waals surface area (Å²) in [5.74, 6) is 1.34. The van der Waals surface area contributed by atoms with E-state index < -0.39 is 4.92 Å². The van der Waals surface area contributed by atoms with Crippen LogP contribution in [0.15, 0.2) is 36.4 Å². The van der Waals surface area contributed by atoms with Crippen LogP contribution in [0.1, 0.15) is 5.56 Å². The largest absolute Gasteiger partial charge is 0.496 e. The van der Waals surface area contributed by atoms with E-state index in [-0.39, 0.29) is 5.69 Å². The van der Waals surface area contributed by atoms with Gasteiger partial charge >= 0.3 is 0 Å². The maximum atomic E-state index is 10.8. The molecule has 20 heavy (non-hydrogen) atoms. The van der Waals surface area contributed by atoms with Gasteiger partial charge in [0.1, 0.15) is 11.5 Å². The van der Waals surface area contributed by atoms with Gasteiger partial charge in [0.25, 0.3) is 5.69 Å². The van der Waals surface area contributed by atoms with Crippen LogP contribution in [-0.4, -0.2) is 19.1 Å². The molecule has 0 aliphatic heterocycles. The summed E-state index contributed by atoms with van der Waals surface area (Å²) in [4.78, 5) is 10.4. The molecule has 0 aliphatic rings. The number of methoxy groups -OCH3 is 2. The maximum Gasteiger partial charge on any atom is 0.269 e. The predicted molar refractivity (Wildman–Crippen MR) is 76.4 cm³/mol. The van der Waals surface area contributed by atoms with Crippen molar-refractivity contribution in [2.45, 2.75) is 6.92 Å². The van der Waals surface area contributed by atoms with Gasteiger partial charge in [-0.15, -0.1) is 0 Å². The third kappa shape index (κ3) is 2.42. The standard InChI is InChI=1S/C15H15NO4/c1-10-9-11(16(17)18)7-8-12(10)15-13(19-2)5-4-6-14(15)20-3/h4-9H,1-3H3. The van der Waals surface area contributed by atoms with Crippen LogP contribution >= 0.6 is 0 Å². The Labute approximate surface area is 116 Å². The zero-order valence-electron chi connectivity index (χ0n) is 11.5. The highest BCUT2D eigenvalue weighted by Crippen LogP contribution is 2.40. The number of nitro benzene ring substituents is 1. The second kappa shape index (κ2) is 5.61. The Morgan fingerprint density at radius 1 is 1.05 bits per heavy atom. The molecule has 0 N–H and O–H groups in total. The van der Waals surface area contributed by atoms with E-state index in [4.69, 9.17) is 9.47 Å². The van der Waals surface area contributed by atoms with Crippen molar-refractivity contribution in [3.63, 3.8) is 0 Å². The molecule has 0 aliphatic carbocycles. The molecular weight excluding hydrogens is 258 g/mol. The molecule has 2 aromatic carbocycles. The average molecular weight is 273 g/mol. The first kappa shape index (κ1) is 13.9. The molecule has 0 unspecified atom stereocenters. The lowest BCUT2D eigenvalue weighted by molar-refractivity contribution is -0.384. The van der Waals surface area contributed by atoms with Gasteiger partial charge in [-0.1, -0.05) is 6.07 Å². The van der Waals surface area contributed by atoms with Crippen LogP contribution in [0.3, 0.4) is 0 Å². The first-order valence-corrected chi connectivity index (χ1v) is 6.05. The van der Waals surface area contributed by atoms with Crippen LogP contribution < -0.4 is 9.47 Å². The van der Waals surface area contributed by atoms with E-state index in [0.717, 1.165) is 16.7 Å². The summed E-state index contributed by atoms with van der Waals surface area (Å²) in [6.45, 7) is 1.83.